The molecule has 3 aromatic rings. The summed E-state index contributed by atoms with van der Waals surface area (Å²) in [6, 6.07) is 7.38. The third kappa shape index (κ3) is 2.09. The van der Waals surface area contributed by atoms with Crippen molar-refractivity contribution in [1.29, 1.82) is 0 Å². The summed E-state index contributed by atoms with van der Waals surface area (Å²) < 4.78 is 1.03. The lowest BCUT2D eigenvalue weighted by atomic mass is 10.2. The van der Waals surface area contributed by atoms with E-state index in [1.807, 2.05) is 17.5 Å². The quantitative estimate of drug-likeness (QED) is 0.716. The second kappa shape index (κ2) is 4.50. The zero-order chi connectivity index (χ0) is 12.7. The normalized spacial score (nSPS) is 11.0. The van der Waals surface area contributed by atoms with Crippen LogP contribution in [0.4, 0.5) is 5.82 Å². The van der Waals surface area contributed by atoms with E-state index >= 15 is 0 Å². The zero-order valence-electron chi connectivity index (χ0n) is 9.02. The Morgan fingerprint density at radius 3 is 2.78 bits per heavy atom. The molecule has 90 valence electrons. The first-order valence-electron chi connectivity index (χ1n) is 5.10. The highest BCUT2D eigenvalue weighted by Gasteiger charge is 2.09. The number of nitrogen functional groups attached to an aromatic ring is 1. The smallest absolute Gasteiger partial charge is 0.163 e. The predicted molar refractivity (Wildman–Crippen MR) is 80.0 cm³/mol. The number of nitrogens with zero attached hydrogens (tertiary/aromatic N) is 2. The molecule has 0 aliphatic carbocycles. The zero-order valence-corrected chi connectivity index (χ0v) is 12.2. The average molecular weight is 341 g/mol. The molecule has 0 unspecified atom stereocenters. The Bertz CT molecular complexity index is 741. The number of rotatable bonds is 1. The van der Waals surface area contributed by atoms with Crippen LogP contribution in [0.5, 0.6) is 0 Å². The number of aromatic nitrogens is 2. The minimum atomic E-state index is 0.467. The topological polar surface area (TPSA) is 51.8 Å². The van der Waals surface area contributed by atoms with E-state index in [9.17, 15) is 0 Å². The van der Waals surface area contributed by atoms with Crippen molar-refractivity contribution in [3.05, 3.63) is 38.5 Å². The van der Waals surface area contributed by atoms with Gasteiger partial charge in [0, 0.05) is 21.4 Å². The number of nitrogens with two attached hydrogens (primary N) is 1. The Hall–Kier alpha value is -1.17. The molecular weight excluding hydrogens is 334 g/mol. The minimum Gasteiger partial charge on any atom is -0.383 e. The molecule has 1 aromatic carbocycles. The van der Waals surface area contributed by atoms with E-state index in [0.717, 1.165) is 20.3 Å². The van der Waals surface area contributed by atoms with Crippen LogP contribution in [0.2, 0.25) is 5.02 Å². The van der Waals surface area contributed by atoms with Gasteiger partial charge in [-0.25, -0.2) is 9.97 Å². The standard InChI is InChI=1S/C12H7BrClN3S/c13-10-3-6(5-18-10)12-16-9-4-7(14)1-2-8(9)11(15)17-12/h1-5H,(H2,15,16,17). The highest BCUT2D eigenvalue weighted by atomic mass is 79.9. The van der Waals surface area contributed by atoms with Gasteiger partial charge < -0.3 is 5.73 Å². The Morgan fingerprint density at radius 1 is 1.22 bits per heavy atom. The second-order valence-electron chi connectivity index (χ2n) is 3.73. The molecule has 0 fully saturated rings. The molecule has 0 bridgehead atoms. The van der Waals surface area contributed by atoms with E-state index in [1.165, 1.54) is 0 Å². The Morgan fingerprint density at radius 2 is 2.06 bits per heavy atom. The number of thiophene rings is 1. The predicted octanol–water partition coefficient (Wildman–Crippen LogP) is 4.36. The van der Waals surface area contributed by atoms with E-state index < -0.39 is 0 Å². The van der Waals surface area contributed by atoms with Gasteiger partial charge in [-0.1, -0.05) is 11.6 Å². The monoisotopic (exact) mass is 339 g/mol. The molecule has 3 nitrogen and oxygen atoms in total. The number of anilines is 1. The van der Waals surface area contributed by atoms with Crippen molar-refractivity contribution >= 4 is 55.6 Å². The molecule has 18 heavy (non-hydrogen) atoms. The van der Waals surface area contributed by atoms with Crippen LogP contribution in [-0.2, 0) is 0 Å². The van der Waals surface area contributed by atoms with E-state index in [0.29, 0.717) is 16.7 Å². The van der Waals surface area contributed by atoms with Gasteiger partial charge in [0.1, 0.15) is 5.82 Å². The van der Waals surface area contributed by atoms with E-state index in [2.05, 4.69) is 25.9 Å². The molecule has 0 aliphatic rings. The molecule has 2 N–H and O–H groups in total. The fraction of sp³-hybridized carbons (Fsp3) is 0. The molecule has 6 heteroatoms. The summed E-state index contributed by atoms with van der Waals surface area (Å²) in [5.74, 6) is 1.08. The van der Waals surface area contributed by atoms with Gasteiger partial charge in [0.25, 0.3) is 0 Å². The number of hydrogen-bond acceptors (Lipinski definition) is 4. The molecule has 0 atom stereocenters. The highest BCUT2D eigenvalue weighted by Crippen LogP contribution is 2.29. The van der Waals surface area contributed by atoms with Crippen LogP contribution < -0.4 is 5.73 Å². The lowest BCUT2D eigenvalue weighted by Gasteiger charge is -2.04. The Kier molecular flexibility index (Phi) is 2.97. The van der Waals surface area contributed by atoms with E-state index in [1.54, 1.807) is 23.5 Å². The molecular formula is C12H7BrClN3S. The van der Waals surface area contributed by atoms with E-state index in [4.69, 9.17) is 17.3 Å². The van der Waals surface area contributed by atoms with Crippen molar-refractivity contribution < 1.29 is 0 Å². The van der Waals surface area contributed by atoms with Crippen LogP contribution >= 0.6 is 38.9 Å². The number of halogens is 2. The summed E-state index contributed by atoms with van der Waals surface area (Å²) in [6.45, 7) is 0. The molecule has 0 radical (unpaired) electrons. The number of fused-ring (bicyclic) bond motifs is 1. The maximum absolute atomic E-state index is 5.97. The van der Waals surface area contributed by atoms with Crippen molar-refractivity contribution in [2.75, 3.05) is 5.73 Å². The van der Waals surface area contributed by atoms with Crippen molar-refractivity contribution in [1.82, 2.24) is 9.97 Å². The largest absolute Gasteiger partial charge is 0.383 e. The average Bonchev–Trinajstić information content (AvgIpc) is 2.75. The molecule has 0 aliphatic heterocycles. The van der Waals surface area contributed by atoms with Crippen molar-refractivity contribution in [3.63, 3.8) is 0 Å². The van der Waals surface area contributed by atoms with Crippen molar-refractivity contribution in [2.24, 2.45) is 0 Å². The molecule has 0 spiro atoms. The van der Waals surface area contributed by atoms with Gasteiger partial charge in [0.2, 0.25) is 0 Å². The SMILES string of the molecule is Nc1nc(-c2csc(Br)c2)nc2cc(Cl)ccc12. The lowest BCUT2D eigenvalue weighted by Crippen LogP contribution is -1.97. The van der Waals surface area contributed by atoms with Crippen LogP contribution in [0.15, 0.2) is 33.4 Å². The first-order chi connectivity index (χ1) is 8.63. The second-order valence-corrected chi connectivity index (χ2v) is 6.46. The van der Waals surface area contributed by atoms with Crippen LogP contribution in [0.25, 0.3) is 22.3 Å². The van der Waals surface area contributed by atoms with Gasteiger partial charge in [-0.15, -0.1) is 11.3 Å². The molecule has 0 saturated carbocycles. The highest BCUT2D eigenvalue weighted by molar-refractivity contribution is 9.11. The van der Waals surface area contributed by atoms with E-state index in [-0.39, 0.29) is 0 Å². The molecule has 3 rings (SSSR count). The first-order valence-corrected chi connectivity index (χ1v) is 7.16. The first kappa shape index (κ1) is 11.9. The van der Waals surface area contributed by atoms with Gasteiger partial charge in [-0.3, -0.25) is 0 Å². The van der Waals surface area contributed by atoms with Gasteiger partial charge >= 0.3 is 0 Å². The van der Waals surface area contributed by atoms with Gasteiger partial charge in [0.05, 0.1) is 9.30 Å². The summed E-state index contributed by atoms with van der Waals surface area (Å²) in [7, 11) is 0. The van der Waals surface area contributed by atoms with Gasteiger partial charge in [-0.05, 0) is 40.2 Å². The maximum Gasteiger partial charge on any atom is 0.163 e. The summed E-state index contributed by atoms with van der Waals surface area (Å²) >= 11 is 11.0. The van der Waals surface area contributed by atoms with Crippen LogP contribution in [0.1, 0.15) is 0 Å². The van der Waals surface area contributed by atoms with Crippen LogP contribution in [0.3, 0.4) is 0 Å². The summed E-state index contributed by atoms with van der Waals surface area (Å²) in [5, 5.41) is 3.44. The summed E-state index contributed by atoms with van der Waals surface area (Å²) in [4.78, 5) is 8.81. The van der Waals surface area contributed by atoms with Crippen LogP contribution in [-0.4, -0.2) is 9.97 Å². The summed E-state index contributed by atoms with van der Waals surface area (Å²) in [5.41, 5.74) is 7.65. The van der Waals surface area contributed by atoms with Crippen molar-refractivity contribution in [2.45, 2.75) is 0 Å². The van der Waals surface area contributed by atoms with Gasteiger partial charge in [-0.2, -0.15) is 0 Å². The maximum atomic E-state index is 5.97. The van der Waals surface area contributed by atoms with Crippen molar-refractivity contribution in [3.8, 4) is 11.4 Å². The lowest BCUT2D eigenvalue weighted by molar-refractivity contribution is 1.24. The molecule has 2 heterocycles. The number of benzene rings is 1. The fourth-order valence-corrected chi connectivity index (χ4v) is 2.99. The van der Waals surface area contributed by atoms with Gasteiger partial charge in [0.15, 0.2) is 5.82 Å². The Labute approximate surface area is 121 Å². The third-order valence-corrected chi connectivity index (χ3v) is 4.25. The third-order valence-electron chi connectivity index (χ3n) is 2.51. The van der Waals surface area contributed by atoms with Crippen LogP contribution in [0, 0.1) is 0 Å². The minimum absolute atomic E-state index is 0.467. The molecule has 0 amide bonds. The molecule has 2 aromatic heterocycles. The molecule has 0 saturated heterocycles. The number of hydrogen-bond donors (Lipinski definition) is 1. The Balaban J connectivity index is 2.26. The summed E-state index contributed by atoms with van der Waals surface area (Å²) in [6.07, 6.45) is 0. The fourth-order valence-electron chi connectivity index (χ4n) is 1.68.